The van der Waals surface area contributed by atoms with Crippen molar-refractivity contribution in [2.45, 2.75) is 13.0 Å². The number of anilines is 3. The average Bonchev–Trinajstić information content (AvgIpc) is 2.92. The molecule has 100 valence electrons. The number of nitrogens with zero attached hydrogens (tertiary/aromatic N) is 3. The summed E-state index contributed by atoms with van der Waals surface area (Å²) in [6, 6.07) is 6.35. The molecule has 0 radical (unpaired) electrons. The SMILES string of the molecule is CC1CNCCN1c1cc(Nc2ccc[nH]2)ncn1. The standard InChI is InChI=1S/C13H18N6/c1-10-8-14-5-6-19(10)13-7-12(16-9-17-13)18-11-3-2-4-15-11/h2-4,7,9-10,14-15H,5-6,8H2,1H3,(H,16,17,18). The van der Waals surface area contributed by atoms with Crippen molar-refractivity contribution in [1.82, 2.24) is 20.3 Å². The fourth-order valence-corrected chi connectivity index (χ4v) is 2.30. The van der Waals surface area contributed by atoms with Crippen LogP contribution in [-0.4, -0.2) is 40.6 Å². The van der Waals surface area contributed by atoms with Gasteiger partial charge in [-0.3, -0.25) is 0 Å². The molecule has 0 aromatic carbocycles. The Hall–Kier alpha value is -2.08. The van der Waals surface area contributed by atoms with Crippen molar-refractivity contribution in [3.63, 3.8) is 0 Å². The molecule has 1 fully saturated rings. The van der Waals surface area contributed by atoms with Crippen molar-refractivity contribution in [3.8, 4) is 0 Å². The van der Waals surface area contributed by atoms with Crippen LogP contribution in [-0.2, 0) is 0 Å². The van der Waals surface area contributed by atoms with Crippen molar-refractivity contribution >= 4 is 17.5 Å². The Morgan fingerprint density at radius 3 is 3.16 bits per heavy atom. The molecular formula is C13H18N6. The second-order valence-corrected chi connectivity index (χ2v) is 4.72. The first-order chi connectivity index (χ1) is 9.33. The summed E-state index contributed by atoms with van der Waals surface area (Å²) >= 11 is 0. The van der Waals surface area contributed by atoms with Crippen LogP contribution < -0.4 is 15.5 Å². The highest BCUT2D eigenvalue weighted by atomic mass is 15.3. The fourth-order valence-electron chi connectivity index (χ4n) is 2.30. The summed E-state index contributed by atoms with van der Waals surface area (Å²) in [6.07, 6.45) is 3.48. The Morgan fingerprint density at radius 1 is 1.42 bits per heavy atom. The zero-order valence-electron chi connectivity index (χ0n) is 10.9. The van der Waals surface area contributed by atoms with Gasteiger partial charge in [0.05, 0.1) is 0 Å². The number of piperazine rings is 1. The second-order valence-electron chi connectivity index (χ2n) is 4.72. The van der Waals surface area contributed by atoms with Crippen LogP contribution in [0.1, 0.15) is 6.92 Å². The topological polar surface area (TPSA) is 68.9 Å². The van der Waals surface area contributed by atoms with Gasteiger partial charge in [-0.05, 0) is 19.1 Å². The van der Waals surface area contributed by atoms with Crippen molar-refractivity contribution in [2.75, 3.05) is 29.9 Å². The van der Waals surface area contributed by atoms with Crippen molar-refractivity contribution in [3.05, 3.63) is 30.7 Å². The van der Waals surface area contributed by atoms with Crippen LogP contribution in [0.4, 0.5) is 17.5 Å². The Morgan fingerprint density at radius 2 is 2.37 bits per heavy atom. The number of aromatic amines is 1. The molecule has 0 bridgehead atoms. The highest BCUT2D eigenvalue weighted by molar-refractivity contribution is 5.56. The lowest BCUT2D eigenvalue weighted by atomic mass is 10.2. The van der Waals surface area contributed by atoms with Gasteiger partial charge in [0.15, 0.2) is 0 Å². The summed E-state index contributed by atoms with van der Waals surface area (Å²) in [4.78, 5) is 14.0. The Labute approximate surface area is 112 Å². The normalized spacial score (nSPS) is 19.4. The van der Waals surface area contributed by atoms with Gasteiger partial charge in [0, 0.05) is 37.9 Å². The van der Waals surface area contributed by atoms with E-state index in [4.69, 9.17) is 0 Å². The number of aromatic nitrogens is 3. The molecule has 0 saturated carbocycles. The summed E-state index contributed by atoms with van der Waals surface area (Å²) in [5.74, 6) is 2.70. The van der Waals surface area contributed by atoms with E-state index in [9.17, 15) is 0 Å². The van der Waals surface area contributed by atoms with Gasteiger partial charge >= 0.3 is 0 Å². The molecule has 3 N–H and O–H groups in total. The molecule has 6 heteroatoms. The van der Waals surface area contributed by atoms with Gasteiger partial charge in [-0.25, -0.2) is 9.97 Å². The van der Waals surface area contributed by atoms with E-state index in [1.54, 1.807) is 6.33 Å². The van der Waals surface area contributed by atoms with Crippen molar-refractivity contribution < 1.29 is 0 Å². The monoisotopic (exact) mass is 258 g/mol. The molecule has 1 aliphatic rings. The molecule has 1 unspecified atom stereocenters. The van der Waals surface area contributed by atoms with Gasteiger partial charge in [-0.2, -0.15) is 0 Å². The number of hydrogen-bond acceptors (Lipinski definition) is 5. The van der Waals surface area contributed by atoms with Gasteiger partial charge in [0.2, 0.25) is 0 Å². The number of rotatable bonds is 3. The van der Waals surface area contributed by atoms with Crippen LogP contribution in [0, 0.1) is 0 Å². The van der Waals surface area contributed by atoms with E-state index in [2.05, 4.69) is 37.4 Å². The summed E-state index contributed by atoms with van der Waals surface area (Å²) in [7, 11) is 0. The molecule has 0 amide bonds. The number of nitrogens with one attached hydrogen (secondary N) is 3. The Kier molecular flexibility index (Phi) is 3.33. The van der Waals surface area contributed by atoms with E-state index in [0.29, 0.717) is 6.04 Å². The third-order valence-electron chi connectivity index (χ3n) is 3.31. The number of H-pyrrole nitrogens is 1. The molecule has 2 aromatic rings. The minimum Gasteiger partial charge on any atom is -0.351 e. The molecular weight excluding hydrogens is 240 g/mol. The van der Waals surface area contributed by atoms with Crippen LogP contribution in [0.2, 0.25) is 0 Å². The van der Waals surface area contributed by atoms with Gasteiger partial charge in [-0.1, -0.05) is 0 Å². The Bertz CT molecular complexity index is 524. The van der Waals surface area contributed by atoms with E-state index < -0.39 is 0 Å². The van der Waals surface area contributed by atoms with E-state index in [1.165, 1.54) is 0 Å². The third-order valence-corrected chi connectivity index (χ3v) is 3.31. The van der Waals surface area contributed by atoms with Crippen LogP contribution in [0.3, 0.4) is 0 Å². The van der Waals surface area contributed by atoms with Gasteiger partial charge in [0.25, 0.3) is 0 Å². The lowest BCUT2D eigenvalue weighted by molar-refractivity contribution is 0.497. The highest BCUT2D eigenvalue weighted by Crippen LogP contribution is 2.19. The van der Waals surface area contributed by atoms with Crippen molar-refractivity contribution in [2.24, 2.45) is 0 Å². The predicted molar refractivity (Wildman–Crippen MR) is 75.8 cm³/mol. The molecule has 3 heterocycles. The molecule has 0 aliphatic carbocycles. The smallest absolute Gasteiger partial charge is 0.136 e. The maximum Gasteiger partial charge on any atom is 0.136 e. The zero-order chi connectivity index (χ0) is 13.1. The van der Waals surface area contributed by atoms with E-state index in [0.717, 1.165) is 37.1 Å². The molecule has 2 aromatic heterocycles. The van der Waals surface area contributed by atoms with Gasteiger partial charge < -0.3 is 20.5 Å². The molecule has 19 heavy (non-hydrogen) atoms. The molecule has 6 nitrogen and oxygen atoms in total. The van der Waals surface area contributed by atoms with Crippen molar-refractivity contribution in [1.29, 1.82) is 0 Å². The van der Waals surface area contributed by atoms with Gasteiger partial charge in [-0.15, -0.1) is 0 Å². The minimum atomic E-state index is 0.446. The maximum atomic E-state index is 4.38. The zero-order valence-corrected chi connectivity index (χ0v) is 10.9. The number of hydrogen-bond donors (Lipinski definition) is 3. The van der Waals surface area contributed by atoms with Crippen LogP contribution in [0.25, 0.3) is 0 Å². The lowest BCUT2D eigenvalue weighted by Crippen LogP contribution is -2.50. The van der Waals surface area contributed by atoms with Crippen LogP contribution in [0.5, 0.6) is 0 Å². The third kappa shape index (κ3) is 2.68. The first-order valence-electron chi connectivity index (χ1n) is 6.53. The molecule has 0 spiro atoms. The Balaban J connectivity index is 1.79. The first-order valence-corrected chi connectivity index (χ1v) is 6.53. The maximum absolute atomic E-state index is 4.38. The average molecular weight is 258 g/mol. The molecule has 3 rings (SSSR count). The van der Waals surface area contributed by atoms with Crippen LogP contribution in [0.15, 0.2) is 30.7 Å². The summed E-state index contributed by atoms with van der Waals surface area (Å²) in [5, 5.41) is 6.61. The van der Waals surface area contributed by atoms with E-state index in [1.807, 2.05) is 24.4 Å². The second kappa shape index (κ2) is 5.27. The van der Waals surface area contributed by atoms with E-state index in [-0.39, 0.29) is 0 Å². The van der Waals surface area contributed by atoms with Crippen LogP contribution >= 0.6 is 0 Å². The molecule has 1 atom stereocenters. The van der Waals surface area contributed by atoms with E-state index >= 15 is 0 Å². The quantitative estimate of drug-likeness (QED) is 0.775. The fraction of sp³-hybridized carbons (Fsp3) is 0.385. The lowest BCUT2D eigenvalue weighted by Gasteiger charge is -2.34. The highest BCUT2D eigenvalue weighted by Gasteiger charge is 2.19. The summed E-state index contributed by atoms with van der Waals surface area (Å²) in [6.45, 7) is 5.16. The largest absolute Gasteiger partial charge is 0.351 e. The predicted octanol–water partition coefficient (Wildman–Crippen LogP) is 1.35. The summed E-state index contributed by atoms with van der Waals surface area (Å²) < 4.78 is 0. The molecule has 1 aliphatic heterocycles. The van der Waals surface area contributed by atoms with Gasteiger partial charge in [0.1, 0.15) is 23.8 Å². The first kappa shape index (κ1) is 12.0. The minimum absolute atomic E-state index is 0.446. The summed E-state index contributed by atoms with van der Waals surface area (Å²) in [5.41, 5.74) is 0. The molecule has 1 saturated heterocycles.